The molecule has 0 radical (unpaired) electrons. The highest BCUT2D eigenvalue weighted by molar-refractivity contribution is 7.99. The first-order chi connectivity index (χ1) is 13.7. The lowest BCUT2D eigenvalue weighted by Gasteiger charge is -2.11. The van der Waals surface area contributed by atoms with Crippen LogP contribution in [0, 0.1) is 11.3 Å². The topological polar surface area (TPSA) is 92.8 Å². The molecule has 0 unspecified atom stereocenters. The van der Waals surface area contributed by atoms with Gasteiger partial charge >= 0.3 is 0 Å². The van der Waals surface area contributed by atoms with Gasteiger partial charge in [-0.25, -0.2) is 0 Å². The molecule has 1 amide bonds. The second-order valence-corrected chi connectivity index (χ2v) is 6.86. The smallest absolute Gasteiger partial charge is 0.231 e. The minimum absolute atomic E-state index is 0.0261. The normalized spacial score (nSPS) is 10.3. The Morgan fingerprint density at radius 2 is 1.93 bits per heavy atom. The van der Waals surface area contributed by atoms with Crippen molar-refractivity contribution in [1.29, 1.82) is 5.26 Å². The Balaban J connectivity index is 1.80. The summed E-state index contributed by atoms with van der Waals surface area (Å²) >= 11 is 7.37. The maximum Gasteiger partial charge on any atom is 0.231 e. The second kappa shape index (κ2) is 9.78. The van der Waals surface area contributed by atoms with E-state index in [2.05, 4.69) is 15.5 Å². The molecule has 28 heavy (non-hydrogen) atoms. The molecule has 2 aromatic carbocycles. The van der Waals surface area contributed by atoms with E-state index < -0.39 is 0 Å². The largest absolute Gasteiger partial charge is 0.484 e. The molecule has 1 heterocycles. The van der Waals surface area contributed by atoms with Crippen molar-refractivity contribution >= 4 is 29.3 Å². The number of para-hydroxylation sites is 2. The number of nitrogens with one attached hydrogen (secondary N) is 1. The first-order valence-electron chi connectivity index (χ1n) is 8.32. The van der Waals surface area contributed by atoms with Gasteiger partial charge in [0.1, 0.15) is 18.9 Å². The predicted molar refractivity (Wildman–Crippen MR) is 106 cm³/mol. The van der Waals surface area contributed by atoms with Crippen LogP contribution in [0.4, 0.5) is 0 Å². The Morgan fingerprint density at radius 3 is 2.68 bits per heavy atom. The van der Waals surface area contributed by atoms with Gasteiger partial charge in [-0.2, -0.15) is 5.26 Å². The van der Waals surface area contributed by atoms with Gasteiger partial charge in [0.2, 0.25) is 5.91 Å². The van der Waals surface area contributed by atoms with E-state index in [1.807, 2.05) is 53.1 Å². The Hall–Kier alpha value is -3.02. The Labute approximate surface area is 171 Å². The molecule has 0 fully saturated rings. The van der Waals surface area contributed by atoms with Crippen LogP contribution < -0.4 is 10.1 Å². The summed E-state index contributed by atoms with van der Waals surface area (Å²) in [6, 6.07) is 18.6. The van der Waals surface area contributed by atoms with Crippen molar-refractivity contribution in [2.24, 2.45) is 0 Å². The summed E-state index contributed by atoms with van der Waals surface area (Å²) in [5, 5.41) is 20.5. The standard InChI is InChI=1S/C19H16ClN5O2S/c20-15-8-4-5-9-16(15)27-12-17-23-24-19(28-13-18(26)22-11-10-21)25(17)14-6-2-1-3-7-14/h1-9H,11-13H2,(H,22,26). The zero-order valence-electron chi connectivity index (χ0n) is 14.7. The van der Waals surface area contributed by atoms with E-state index >= 15 is 0 Å². The lowest BCUT2D eigenvalue weighted by molar-refractivity contribution is -0.118. The molecule has 0 aliphatic heterocycles. The van der Waals surface area contributed by atoms with E-state index in [4.69, 9.17) is 21.6 Å². The molecule has 1 aromatic heterocycles. The third-order valence-electron chi connectivity index (χ3n) is 3.61. The molecule has 0 atom stereocenters. The second-order valence-electron chi connectivity index (χ2n) is 5.51. The van der Waals surface area contributed by atoms with Crippen molar-refractivity contribution in [1.82, 2.24) is 20.1 Å². The number of aromatic nitrogens is 3. The van der Waals surface area contributed by atoms with Gasteiger partial charge in [0, 0.05) is 5.69 Å². The van der Waals surface area contributed by atoms with Crippen LogP contribution in [0.2, 0.25) is 5.02 Å². The molecular weight excluding hydrogens is 398 g/mol. The summed E-state index contributed by atoms with van der Waals surface area (Å²) in [5.74, 6) is 1.00. The molecule has 0 saturated heterocycles. The molecule has 0 saturated carbocycles. The van der Waals surface area contributed by atoms with Crippen molar-refractivity contribution in [2.45, 2.75) is 11.8 Å². The number of amides is 1. The van der Waals surface area contributed by atoms with Crippen LogP contribution >= 0.6 is 23.4 Å². The molecule has 7 nitrogen and oxygen atoms in total. The fraction of sp³-hybridized carbons (Fsp3) is 0.158. The summed E-state index contributed by atoms with van der Waals surface area (Å²) in [7, 11) is 0. The Kier molecular flexibility index (Phi) is 6.89. The van der Waals surface area contributed by atoms with Gasteiger partial charge < -0.3 is 10.1 Å². The molecule has 0 aliphatic rings. The number of nitrogens with zero attached hydrogens (tertiary/aromatic N) is 4. The summed E-state index contributed by atoms with van der Waals surface area (Å²) in [6.45, 7) is 0.133. The van der Waals surface area contributed by atoms with Gasteiger partial charge in [-0.15, -0.1) is 10.2 Å². The number of nitriles is 1. The van der Waals surface area contributed by atoms with Gasteiger partial charge in [-0.3, -0.25) is 9.36 Å². The van der Waals surface area contributed by atoms with Crippen molar-refractivity contribution < 1.29 is 9.53 Å². The monoisotopic (exact) mass is 413 g/mol. The Morgan fingerprint density at radius 1 is 1.18 bits per heavy atom. The predicted octanol–water partition coefficient (Wildman–Crippen LogP) is 3.23. The average Bonchev–Trinajstić information content (AvgIpc) is 3.13. The lowest BCUT2D eigenvalue weighted by atomic mass is 10.3. The van der Waals surface area contributed by atoms with E-state index in [1.54, 1.807) is 12.1 Å². The van der Waals surface area contributed by atoms with E-state index in [0.29, 0.717) is 21.8 Å². The molecule has 0 bridgehead atoms. The van der Waals surface area contributed by atoms with Crippen molar-refractivity contribution in [3.63, 3.8) is 0 Å². The highest BCUT2D eigenvalue weighted by Gasteiger charge is 2.16. The fourth-order valence-electron chi connectivity index (χ4n) is 2.35. The third kappa shape index (κ3) is 5.03. The SMILES string of the molecule is N#CCNC(=O)CSc1nnc(COc2ccccc2Cl)n1-c1ccccc1. The zero-order chi connectivity index (χ0) is 19.8. The number of carbonyl (C=O) groups excluding carboxylic acids is 1. The molecule has 0 aliphatic carbocycles. The molecular formula is C19H16ClN5O2S. The number of ether oxygens (including phenoxy) is 1. The van der Waals surface area contributed by atoms with Crippen LogP contribution in [0.25, 0.3) is 5.69 Å². The summed E-state index contributed by atoms with van der Waals surface area (Å²) in [5.41, 5.74) is 0.852. The summed E-state index contributed by atoms with van der Waals surface area (Å²) in [4.78, 5) is 11.8. The quantitative estimate of drug-likeness (QED) is 0.450. The van der Waals surface area contributed by atoms with Crippen molar-refractivity contribution in [3.05, 3.63) is 65.4 Å². The van der Waals surface area contributed by atoms with Crippen LogP contribution in [0.1, 0.15) is 5.82 Å². The number of carbonyl (C=O) groups is 1. The van der Waals surface area contributed by atoms with Gasteiger partial charge in [-0.05, 0) is 24.3 Å². The van der Waals surface area contributed by atoms with Crippen LogP contribution in [0.15, 0.2) is 59.8 Å². The number of hydrogen-bond acceptors (Lipinski definition) is 6. The van der Waals surface area contributed by atoms with E-state index in [9.17, 15) is 4.79 Å². The number of halogens is 1. The Bertz CT molecular complexity index is 987. The average molecular weight is 414 g/mol. The van der Waals surface area contributed by atoms with Crippen LogP contribution in [-0.2, 0) is 11.4 Å². The molecule has 142 valence electrons. The van der Waals surface area contributed by atoms with Crippen LogP contribution in [0.5, 0.6) is 5.75 Å². The minimum Gasteiger partial charge on any atom is -0.484 e. The highest BCUT2D eigenvalue weighted by atomic mass is 35.5. The molecule has 3 rings (SSSR count). The van der Waals surface area contributed by atoms with Crippen LogP contribution in [0.3, 0.4) is 0 Å². The number of hydrogen-bond donors (Lipinski definition) is 1. The molecule has 1 N–H and O–H groups in total. The van der Waals surface area contributed by atoms with E-state index in [0.717, 1.165) is 5.69 Å². The highest BCUT2D eigenvalue weighted by Crippen LogP contribution is 2.26. The first-order valence-corrected chi connectivity index (χ1v) is 9.69. The van der Waals surface area contributed by atoms with Crippen LogP contribution in [-0.4, -0.2) is 33.0 Å². The fourth-order valence-corrected chi connectivity index (χ4v) is 3.34. The maximum atomic E-state index is 11.8. The first kappa shape index (κ1) is 19.7. The number of thioether (sulfide) groups is 1. The molecule has 0 spiro atoms. The molecule has 9 heteroatoms. The maximum absolute atomic E-state index is 11.8. The summed E-state index contributed by atoms with van der Waals surface area (Å²) in [6.07, 6.45) is 0. The van der Waals surface area contributed by atoms with Crippen molar-refractivity contribution in [3.8, 4) is 17.5 Å². The van der Waals surface area contributed by atoms with Gasteiger partial charge in [0.15, 0.2) is 11.0 Å². The zero-order valence-corrected chi connectivity index (χ0v) is 16.3. The third-order valence-corrected chi connectivity index (χ3v) is 4.85. The van der Waals surface area contributed by atoms with Crippen molar-refractivity contribution in [2.75, 3.05) is 12.3 Å². The lowest BCUT2D eigenvalue weighted by Crippen LogP contribution is -2.25. The van der Waals surface area contributed by atoms with Gasteiger partial charge in [-0.1, -0.05) is 53.7 Å². The van der Waals surface area contributed by atoms with Gasteiger partial charge in [0.05, 0.1) is 16.8 Å². The van der Waals surface area contributed by atoms with E-state index in [1.165, 1.54) is 11.8 Å². The number of rotatable bonds is 8. The minimum atomic E-state index is -0.247. The number of benzene rings is 2. The summed E-state index contributed by atoms with van der Waals surface area (Å²) < 4.78 is 7.63. The van der Waals surface area contributed by atoms with E-state index in [-0.39, 0.29) is 24.8 Å². The molecule has 3 aromatic rings. The van der Waals surface area contributed by atoms with Gasteiger partial charge in [0.25, 0.3) is 0 Å².